The standard InChI is InChI=1S/C13H12N4O2S2/c14-13-15-8-2-1-7(5-10(8)21-13)12-16-11(17-19-12)9-6-20-4-3-18-9/h1-2,5,9H,3-4,6H2,(H2,14,15). The van der Waals surface area contributed by atoms with Gasteiger partial charge in [-0.05, 0) is 18.2 Å². The first-order valence-electron chi connectivity index (χ1n) is 6.49. The van der Waals surface area contributed by atoms with Crippen LogP contribution in [0, 0.1) is 0 Å². The van der Waals surface area contributed by atoms with Crippen LogP contribution in [0.3, 0.4) is 0 Å². The van der Waals surface area contributed by atoms with Gasteiger partial charge < -0.3 is 15.0 Å². The zero-order chi connectivity index (χ0) is 14.2. The summed E-state index contributed by atoms with van der Waals surface area (Å²) in [5.41, 5.74) is 7.47. The van der Waals surface area contributed by atoms with Gasteiger partial charge >= 0.3 is 0 Å². The Balaban J connectivity index is 1.66. The molecule has 3 aromatic rings. The van der Waals surface area contributed by atoms with Crippen molar-refractivity contribution in [1.82, 2.24) is 15.1 Å². The van der Waals surface area contributed by atoms with Crippen molar-refractivity contribution in [3.63, 3.8) is 0 Å². The number of nitrogens with two attached hydrogens (primary N) is 1. The second-order valence-corrected chi connectivity index (χ2v) is 6.84. The van der Waals surface area contributed by atoms with E-state index < -0.39 is 0 Å². The topological polar surface area (TPSA) is 87.1 Å². The van der Waals surface area contributed by atoms with E-state index in [0.29, 0.717) is 16.8 Å². The van der Waals surface area contributed by atoms with Crippen molar-refractivity contribution in [3.8, 4) is 11.5 Å². The first-order valence-corrected chi connectivity index (χ1v) is 8.46. The molecule has 0 bridgehead atoms. The Bertz CT molecular complexity index is 779. The number of nitrogen functional groups attached to an aromatic ring is 1. The van der Waals surface area contributed by atoms with Crippen molar-refractivity contribution in [2.75, 3.05) is 23.8 Å². The second-order valence-electron chi connectivity index (χ2n) is 4.63. The molecule has 1 atom stereocenters. The Hall–Kier alpha value is -1.64. The summed E-state index contributed by atoms with van der Waals surface area (Å²) in [4.78, 5) is 8.69. The van der Waals surface area contributed by atoms with Crippen LogP contribution in [0.25, 0.3) is 21.7 Å². The number of ether oxygens (including phenoxy) is 1. The number of nitrogens with zero attached hydrogens (tertiary/aromatic N) is 3. The van der Waals surface area contributed by atoms with Gasteiger partial charge in [-0.2, -0.15) is 16.7 Å². The summed E-state index contributed by atoms with van der Waals surface area (Å²) in [5.74, 6) is 2.99. The quantitative estimate of drug-likeness (QED) is 0.776. The SMILES string of the molecule is Nc1nc2ccc(-c3nc(C4CSCCO4)no3)cc2s1. The predicted octanol–water partition coefficient (Wildman–Crippen LogP) is 2.73. The summed E-state index contributed by atoms with van der Waals surface area (Å²) in [7, 11) is 0. The molecule has 1 aliphatic rings. The van der Waals surface area contributed by atoms with E-state index in [-0.39, 0.29) is 6.10 Å². The molecule has 108 valence electrons. The Morgan fingerprint density at radius 2 is 2.24 bits per heavy atom. The number of thiazole rings is 1. The van der Waals surface area contributed by atoms with Gasteiger partial charge in [0, 0.05) is 17.1 Å². The van der Waals surface area contributed by atoms with E-state index >= 15 is 0 Å². The summed E-state index contributed by atoms with van der Waals surface area (Å²) in [6.07, 6.45) is -0.0796. The lowest BCUT2D eigenvalue weighted by atomic mass is 10.2. The molecule has 2 aromatic heterocycles. The Labute approximate surface area is 128 Å². The first kappa shape index (κ1) is 13.1. The number of rotatable bonds is 2. The van der Waals surface area contributed by atoms with E-state index in [0.717, 1.165) is 33.9 Å². The first-order chi connectivity index (χ1) is 10.3. The highest BCUT2D eigenvalue weighted by atomic mass is 32.2. The van der Waals surface area contributed by atoms with Gasteiger partial charge in [0.05, 0.1) is 16.8 Å². The van der Waals surface area contributed by atoms with Gasteiger partial charge in [-0.1, -0.05) is 16.5 Å². The maximum atomic E-state index is 5.72. The molecule has 1 fully saturated rings. The number of hydrogen-bond acceptors (Lipinski definition) is 8. The lowest BCUT2D eigenvalue weighted by Gasteiger charge is -2.18. The van der Waals surface area contributed by atoms with E-state index in [4.69, 9.17) is 15.0 Å². The Morgan fingerprint density at radius 1 is 1.29 bits per heavy atom. The van der Waals surface area contributed by atoms with Gasteiger partial charge in [0.2, 0.25) is 5.82 Å². The molecule has 0 saturated carbocycles. The van der Waals surface area contributed by atoms with E-state index in [1.54, 1.807) is 0 Å². The molecule has 21 heavy (non-hydrogen) atoms. The van der Waals surface area contributed by atoms with Crippen LogP contribution >= 0.6 is 23.1 Å². The van der Waals surface area contributed by atoms with Gasteiger partial charge in [-0.3, -0.25) is 0 Å². The van der Waals surface area contributed by atoms with Crippen LogP contribution < -0.4 is 5.73 Å². The van der Waals surface area contributed by atoms with Gasteiger partial charge in [0.1, 0.15) is 6.10 Å². The van der Waals surface area contributed by atoms with E-state index in [1.807, 2.05) is 30.0 Å². The van der Waals surface area contributed by atoms with Crippen molar-refractivity contribution in [2.24, 2.45) is 0 Å². The van der Waals surface area contributed by atoms with Crippen LogP contribution in [-0.2, 0) is 4.74 Å². The van der Waals surface area contributed by atoms with Crippen LogP contribution in [0.1, 0.15) is 11.9 Å². The molecule has 0 radical (unpaired) electrons. The third-order valence-corrected chi connectivity index (χ3v) is 5.04. The Morgan fingerprint density at radius 3 is 3.10 bits per heavy atom. The molecule has 1 saturated heterocycles. The third-order valence-electron chi connectivity index (χ3n) is 3.20. The van der Waals surface area contributed by atoms with Crippen LogP contribution in [0.2, 0.25) is 0 Å². The lowest BCUT2D eigenvalue weighted by Crippen LogP contribution is -2.16. The maximum Gasteiger partial charge on any atom is 0.258 e. The minimum absolute atomic E-state index is 0.0796. The molecule has 0 aliphatic carbocycles. The van der Waals surface area contributed by atoms with E-state index in [1.165, 1.54) is 11.3 Å². The summed E-state index contributed by atoms with van der Waals surface area (Å²) >= 11 is 3.29. The number of fused-ring (bicyclic) bond motifs is 1. The number of benzene rings is 1. The molecule has 3 heterocycles. The minimum atomic E-state index is -0.0796. The van der Waals surface area contributed by atoms with Crippen molar-refractivity contribution in [1.29, 1.82) is 0 Å². The molecule has 4 rings (SSSR count). The number of thioether (sulfide) groups is 1. The van der Waals surface area contributed by atoms with Crippen LogP contribution in [0.15, 0.2) is 22.7 Å². The average molecular weight is 320 g/mol. The molecule has 8 heteroatoms. The highest BCUT2D eigenvalue weighted by Crippen LogP contribution is 2.30. The number of anilines is 1. The summed E-state index contributed by atoms with van der Waals surface area (Å²) in [6.45, 7) is 0.727. The molecule has 2 N–H and O–H groups in total. The van der Waals surface area contributed by atoms with Gasteiger partial charge in [0.25, 0.3) is 5.89 Å². The largest absolute Gasteiger partial charge is 0.375 e. The van der Waals surface area contributed by atoms with Crippen LogP contribution in [0.5, 0.6) is 0 Å². The third kappa shape index (κ3) is 2.50. The van der Waals surface area contributed by atoms with Crippen molar-refractivity contribution in [3.05, 3.63) is 24.0 Å². The summed E-state index contributed by atoms with van der Waals surface area (Å²) < 4.78 is 12.0. The maximum absolute atomic E-state index is 5.72. The summed E-state index contributed by atoms with van der Waals surface area (Å²) in [5, 5.41) is 4.60. The fraction of sp³-hybridized carbons (Fsp3) is 0.308. The molecule has 6 nitrogen and oxygen atoms in total. The molecular weight excluding hydrogens is 308 g/mol. The lowest BCUT2D eigenvalue weighted by molar-refractivity contribution is 0.0677. The van der Waals surface area contributed by atoms with Crippen LogP contribution in [-0.4, -0.2) is 33.2 Å². The normalized spacial score (nSPS) is 19.1. The van der Waals surface area contributed by atoms with Crippen LogP contribution in [0.4, 0.5) is 5.13 Å². The number of hydrogen-bond donors (Lipinski definition) is 1. The zero-order valence-electron chi connectivity index (χ0n) is 11.0. The molecular formula is C13H12N4O2S2. The van der Waals surface area contributed by atoms with E-state index in [9.17, 15) is 0 Å². The van der Waals surface area contributed by atoms with Crippen molar-refractivity contribution >= 4 is 38.4 Å². The van der Waals surface area contributed by atoms with Gasteiger partial charge in [-0.25, -0.2) is 4.98 Å². The second kappa shape index (κ2) is 5.28. The Kier molecular flexibility index (Phi) is 3.28. The summed E-state index contributed by atoms with van der Waals surface area (Å²) in [6, 6.07) is 5.79. The average Bonchev–Trinajstić information content (AvgIpc) is 3.12. The molecule has 0 spiro atoms. The minimum Gasteiger partial charge on any atom is -0.375 e. The molecule has 1 aliphatic heterocycles. The fourth-order valence-corrected chi connectivity index (χ4v) is 3.81. The molecule has 1 unspecified atom stereocenters. The van der Waals surface area contributed by atoms with E-state index in [2.05, 4.69) is 15.1 Å². The highest BCUT2D eigenvalue weighted by Gasteiger charge is 2.22. The molecule has 0 amide bonds. The number of aromatic nitrogens is 3. The monoisotopic (exact) mass is 320 g/mol. The van der Waals surface area contributed by atoms with Gasteiger partial charge in [0.15, 0.2) is 5.13 Å². The van der Waals surface area contributed by atoms with Gasteiger partial charge in [-0.15, -0.1) is 0 Å². The molecule has 1 aromatic carbocycles. The fourth-order valence-electron chi connectivity index (χ4n) is 2.20. The predicted molar refractivity (Wildman–Crippen MR) is 83.3 cm³/mol. The smallest absolute Gasteiger partial charge is 0.258 e. The zero-order valence-corrected chi connectivity index (χ0v) is 12.6. The highest BCUT2D eigenvalue weighted by molar-refractivity contribution is 7.99. The van der Waals surface area contributed by atoms with Crippen molar-refractivity contribution in [2.45, 2.75) is 6.10 Å². The van der Waals surface area contributed by atoms with Crippen molar-refractivity contribution < 1.29 is 9.26 Å².